The molecule has 4 N–H and O–H groups in total. The Balaban J connectivity index is 0.000000155. The van der Waals surface area contributed by atoms with Crippen LogP contribution in [0.3, 0.4) is 0 Å². The predicted molar refractivity (Wildman–Crippen MR) is 218 cm³/mol. The molecular weight excluding hydrogens is 781 g/mol. The maximum Gasteiger partial charge on any atom is 0.314 e. The highest BCUT2D eigenvalue weighted by Crippen LogP contribution is 2.32. The number of aliphatic carboxylic acids is 1. The average molecular weight is 823 g/mol. The van der Waals surface area contributed by atoms with Crippen molar-refractivity contribution in [2.24, 2.45) is 0 Å². The van der Waals surface area contributed by atoms with E-state index >= 15 is 0 Å². The van der Waals surface area contributed by atoms with E-state index in [4.69, 9.17) is 5.11 Å². The molecule has 7 heterocycles. The molecule has 3 aliphatic heterocycles. The van der Waals surface area contributed by atoms with E-state index in [0.717, 1.165) is 72.0 Å². The van der Waals surface area contributed by atoms with Gasteiger partial charge in [0, 0.05) is 76.3 Å². The molecule has 0 aliphatic carbocycles. The SMILES string of the molecule is O=C(O)CCC(=O)N1CCC(c2csc(C(=O)c3c[nH]c4ccccc34)n2)CC1.O=C(c1nc(C2CCNCC2)cs1)c1c[nH]c2ccccc12.O=C1CCC(=O)O1. The molecule has 1 amide bonds. The topological polar surface area (TPSA) is 205 Å². The summed E-state index contributed by atoms with van der Waals surface area (Å²) in [7, 11) is 0. The van der Waals surface area contributed by atoms with Gasteiger partial charge in [0.25, 0.3) is 0 Å². The van der Waals surface area contributed by atoms with E-state index in [2.05, 4.69) is 35.4 Å². The molecule has 300 valence electrons. The second kappa shape index (κ2) is 18.6. The van der Waals surface area contributed by atoms with Gasteiger partial charge in [0.15, 0.2) is 10.0 Å². The summed E-state index contributed by atoms with van der Waals surface area (Å²) in [6, 6.07) is 15.6. The number of piperidine rings is 2. The fourth-order valence-electron chi connectivity index (χ4n) is 7.25. The first-order valence-corrected chi connectivity index (χ1v) is 21.0. The molecule has 4 aromatic heterocycles. The summed E-state index contributed by atoms with van der Waals surface area (Å²) in [4.78, 5) is 85.6. The van der Waals surface area contributed by atoms with Crippen molar-refractivity contribution < 1.29 is 38.6 Å². The Hall–Kier alpha value is -5.84. The number of carboxylic acids is 1. The van der Waals surface area contributed by atoms with Crippen molar-refractivity contribution in [3.8, 4) is 0 Å². The number of benzene rings is 2. The molecule has 0 unspecified atom stereocenters. The van der Waals surface area contributed by atoms with Crippen molar-refractivity contribution in [1.29, 1.82) is 0 Å². The molecule has 6 aromatic rings. The van der Waals surface area contributed by atoms with E-state index in [1.807, 2.05) is 53.9 Å². The average Bonchev–Trinajstić information content (AvgIpc) is 4.11. The first kappa shape index (κ1) is 40.4. The Morgan fingerprint density at radius 1 is 0.707 bits per heavy atom. The smallest absolute Gasteiger partial charge is 0.314 e. The first-order valence-electron chi connectivity index (χ1n) is 19.2. The number of amides is 1. The number of ketones is 2. The second-order valence-corrected chi connectivity index (χ2v) is 15.9. The van der Waals surface area contributed by atoms with Crippen molar-refractivity contribution in [3.63, 3.8) is 0 Å². The van der Waals surface area contributed by atoms with Gasteiger partial charge < -0.3 is 30.0 Å². The molecule has 58 heavy (non-hydrogen) atoms. The lowest BCUT2D eigenvalue weighted by atomic mass is 9.94. The third kappa shape index (κ3) is 9.64. The van der Waals surface area contributed by atoms with Crippen LogP contribution < -0.4 is 5.32 Å². The minimum absolute atomic E-state index is 0.0163. The van der Waals surface area contributed by atoms with Crippen LogP contribution in [0, 0.1) is 0 Å². The summed E-state index contributed by atoms with van der Waals surface area (Å²) < 4.78 is 4.08. The summed E-state index contributed by atoms with van der Waals surface area (Å²) in [5, 5.41) is 19.0. The van der Waals surface area contributed by atoms with Gasteiger partial charge in [0.2, 0.25) is 17.5 Å². The summed E-state index contributed by atoms with van der Waals surface area (Å²) in [6.45, 7) is 3.25. The van der Waals surface area contributed by atoms with E-state index in [0.29, 0.717) is 40.1 Å². The van der Waals surface area contributed by atoms with Crippen LogP contribution in [0.4, 0.5) is 0 Å². The minimum Gasteiger partial charge on any atom is -0.481 e. The normalized spacial score (nSPS) is 16.0. The number of nitrogens with zero attached hydrogens (tertiary/aromatic N) is 3. The third-order valence-corrected chi connectivity index (χ3v) is 12.2. The van der Waals surface area contributed by atoms with E-state index in [9.17, 15) is 28.8 Å². The van der Waals surface area contributed by atoms with Gasteiger partial charge in [-0.1, -0.05) is 36.4 Å². The minimum atomic E-state index is -0.955. The molecule has 16 heteroatoms. The Morgan fingerprint density at radius 2 is 1.19 bits per heavy atom. The van der Waals surface area contributed by atoms with Crippen molar-refractivity contribution in [2.45, 2.75) is 63.2 Å². The van der Waals surface area contributed by atoms with Crippen molar-refractivity contribution in [3.05, 3.63) is 104 Å². The number of cyclic esters (lactones) is 2. The lowest BCUT2D eigenvalue weighted by Gasteiger charge is -2.31. The zero-order valence-electron chi connectivity index (χ0n) is 31.5. The van der Waals surface area contributed by atoms with Gasteiger partial charge in [-0.25, -0.2) is 9.97 Å². The molecule has 0 spiro atoms. The largest absolute Gasteiger partial charge is 0.481 e. The number of rotatable bonds is 9. The van der Waals surface area contributed by atoms with Gasteiger partial charge in [0.05, 0.1) is 41.8 Å². The summed E-state index contributed by atoms with van der Waals surface area (Å²) in [5.41, 5.74) is 5.22. The summed E-state index contributed by atoms with van der Waals surface area (Å²) in [6.07, 6.45) is 7.69. The standard InChI is InChI=1S/C21H21N3O4S.C17H17N3OS.C4H4O3/c25-18(5-6-19(26)27)24-9-7-13(8-10-24)17-12-29-21(23-17)20(28)15-11-22-16-4-2-1-3-14(15)16;21-16(13-9-19-14-4-2-1-3-12(13)14)17-20-15(10-22-17)11-5-7-18-8-6-11;5-3-1-2-4(6)7-3/h1-4,11-13,22H,5-10H2,(H,26,27);1-4,9-11,18-19H,5-8H2;1-2H2. The van der Waals surface area contributed by atoms with Crippen LogP contribution in [-0.2, 0) is 23.9 Å². The van der Waals surface area contributed by atoms with Gasteiger partial charge in [-0.2, -0.15) is 0 Å². The molecule has 0 bridgehead atoms. The number of hydrogen-bond donors (Lipinski definition) is 4. The summed E-state index contributed by atoms with van der Waals surface area (Å²) >= 11 is 2.82. The van der Waals surface area contributed by atoms with E-state index < -0.39 is 17.9 Å². The monoisotopic (exact) mass is 822 g/mol. The number of carbonyl (C=O) groups excluding carboxylic acids is 5. The van der Waals surface area contributed by atoms with Crippen LogP contribution in [-0.4, -0.2) is 91.5 Å². The van der Waals surface area contributed by atoms with Crippen molar-refractivity contribution >= 4 is 79.9 Å². The zero-order valence-corrected chi connectivity index (χ0v) is 33.2. The van der Waals surface area contributed by atoms with Crippen LogP contribution in [0.15, 0.2) is 71.7 Å². The Kier molecular flexibility index (Phi) is 13.0. The number of fused-ring (bicyclic) bond motifs is 2. The van der Waals surface area contributed by atoms with E-state index in [1.54, 1.807) is 17.3 Å². The summed E-state index contributed by atoms with van der Waals surface area (Å²) in [5.74, 6) is -1.23. The number of hydrogen-bond acceptors (Lipinski definition) is 12. The van der Waals surface area contributed by atoms with Crippen molar-refractivity contribution in [1.82, 2.24) is 30.2 Å². The predicted octanol–water partition coefficient (Wildman–Crippen LogP) is 6.60. The van der Waals surface area contributed by atoms with Crippen LogP contribution in [0.25, 0.3) is 21.8 Å². The number of likely N-dealkylation sites (tertiary alicyclic amines) is 1. The first-order chi connectivity index (χ1) is 28.1. The number of esters is 2. The number of para-hydroxylation sites is 2. The van der Waals surface area contributed by atoms with Crippen LogP contribution in [0.1, 0.15) is 105 Å². The Labute approximate surface area is 341 Å². The maximum absolute atomic E-state index is 12.9. The molecule has 0 atom stereocenters. The third-order valence-electron chi connectivity index (χ3n) is 10.4. The second-order valence-electron chi connectivity index (χ2n) is 14.2. The number of aromatic amines is 2. The molecule has 0 saturated carbocycles. The lowest BCUT2D eigenvalue weighted by Crippen LogP contribution is -2.38. The number of carbonyl (C=O) groups is 6. The molecule has 0 radical (unpaired) electrons. The number of nitrogens with one attached hydrogen (secondary N) is 3. The van der Waals surface area contributed by atoms with Gasteiger partial charge in [0.1, 0.15) is 0 Å². The fourth-order valence-corrected chi connectivity index (χ4v) is 8.96. The van der Waals surface area contributed by atoms with Gasteiger partial charge in [-0.3, -0.25) is 28.8 Å². The Morgan fingerprint density at radius 3 is 1.66 bits per heavy atom. The van der Waals surface area contributed by atoms with Crippen molar-refractivity contribution in [2.75, 3.05) is 26.2 Å². The molecule has 3 fully saturated rings. The lowest BCUT2D eigenvalue weighted by molar-refractivity contribution is -0.152. The highest BCUT2D eigenvalue weighted by atomic mass is 32.1. The Bertz CT molecular complexity index is 2440. The molecular formula is C42H42N6O8S2. The highest BCUT2D eigenvalue weighted by Gasteiger charge is 2.27. The molecule has 14 nitrogen and oxygen atoms in total. The van der Waals surface area contributed by atoms with E-state index in [-0.39, 0.29) is 49.1 Å². The molecule has 3 saturated heterocycles. The van der Waals surface area contributed by atoms with Crippen LogP contribution >= 0.6 is 22.7 Å². The zero-order chi connectivity index (χ0) is 40.6. The van der Waals surface area contributed by atoms with Crippen LogP contribution in [0.5, 0.6) is 0 Å². The van der Waals surface area contributed by atoms with Gasteiger partial charge in [-0.15, -0.1) is 22.7 Å². The van der Waals surface area contributed by atoms with Gasteiger partial charge >= 0.3 is 17.9 Å². The number of carboxylic acid groups (broad SMARTS) is 1. The number of ether oxygens (including phenoxy) is 1. The molecule has 9 rings (SSSR count). The highest BCUT2D eigenvalue weighted by molar-refractivity contribution is 7.12. The molecule has 3 aliphatic rings. The molecule has 2 aromatic carbocycles. The maximum atomic E-state index is 12.9. The number of H-pyrrole nitrogens is 2. The number of aromatic nitrogens is 4. The fraction of sp³-hybridized carbons (Fsp3) is 0.333. The van der Waals surface area contributed by atoms with E-state index in [1.165, 1.54) is 22.7 Å². The quantitative estimate of drug-likeness (QED) is 0.0695. The van der Waals surface area contributed by atoms with Gasteiger partial charge in [-0.05, 0) is 50.9 Å². The number of thiazole rings is 2. The van der Waals surface area contributed by atoms with Crippen LogP contribution in [0.2, 0.25) is 0 Å².